The van der Waals surface area contributed by atoms with Crippen LogP contribution >= 0.6 is 0 Å². The molecule has 4 heteroatoms. The maximum Gasteiger partial charge on any atom is 0.150 e. The Bertz CT molecular complexity index is 313. The van der Waals surface area contributed by atoms with Gasteiger partial charge in [0, 0.05) is 31.2 Å². The highest BCUT2D eigenvalue weighted by atomic mass is 16.5. The van der Waals surface area contributed by atoms with Crippen LogP contribution in [0.5, 0.6) is 0 Å². The molecule has 2 heterocycles. The third kappa shape index (κ3) is 2.38. The quantitative estimate of drug-likeness (QED) is 0.793. The molecular formula is C11H19N3O. The lowest BCUT2D eigenvalue weighted by atomic mass is 10.1. The van der Waals surface area contributed by atoms with Gasteiger partial charge in [0.1, 0.15) is 0 Å². The summed E-state index contributed by atoms with van der Waals surface area (Å²) in [5.74, 6) is 0.966. The predicted octanol–water partition coefficient (Wildman–Crippen LogP) is 1.17. The van der Waals surface area contributed by atoms with Crippen molar-refractivity contribution in [3.05, 3.63) is 17.5 Å². The summed E-state index contributed by atoms with van der Waals surface area (Å²) < 4.78 is 5.25. The fraction of sp³-hybridized carbons (Fsp3) is 0.727. The molecule has 1 saturated heterocycles. The normalized spacial score (nSPS) is 28.2. The van der Waals surface area contributed by atoms with Crippen LogP contribution in [0.25, 0.3) is 0 Å². The Kier molecular flexibility index (Phi) is 3.07. The van der Waals surface area contributed by atoms with Crippen molar-refractivity contribution in [2.24, 2.45) is 0 Å². The van der Waals surface area contributed by atoms with E-state index in [-0.39, 0.29) is 0 Å². The van der Waals surface area contributed by atoms with Gasteiger partial charge in [-0.05, 0) is 20.8 Å². The first-order valence-electron chi connectivity index (χ1n) is 5.55. The van der Waals surface area contributed by atoms with Crippen LogP contribution in [-0.4, -0.2) is 35.2 Å². The van der Waals surface area contributed by atoms with Gasteiger partial charge in [-0.15, -0.1) is 0 Å². The Labute approximate surface area is 90.6 Å². The van der Waals surface area contributed by atoms with Gasteiger partial charge >= 0.3 is 0 Å². The van der Waals surface area contributed by atoms with Gasteiger partial charge in [-0.3, -0.25) is 4.90 Å². The number of aromatic nitrogens is 1. The van der Waals surface area contributed by atoms with Crippen molar-refractivity contribution in [3.63, 3.8) is 0 Å². The van der Waals surface area contributed by atoms with Crippen LogP contribution in [0, 0.1) is 6.92 Å². The van der Waals surface area contributed by atoms with Crippen molar-refractivity contribution in [2.45, 2.75) is 39.4 Å². The average Bonchev–Trinajstić information content (AvgIpc) is 2.58. The molecule has 0 bridgehead atoms. The predicted molar refractivity (Wildman–Crippen MR) is 58.6 cm³/mol. The molecule has 2 rings (SSSR count). The highest BCUT2D eigenvalue weighted by Crippen LogP contribution is 2.15. The standard InChI is InChI=1S/C11H19N3O/c1-8-4-11(15-13-8)7-14-9(2)5-12-6-10(14)3/h4,9-10,12H,5-7H2,1-3H3. The molecule has 0 aliphatic carbocycles. The number of aryl methyl sites for hydroxylation is 1. The van der Waals surface area contributed by atoms with Crippen molar-refractivity contribution in [2.75, 3.05) is 13.1 Å². The first kappa shape index (κ1) is 10.6. The molecule has 0 amide bonds. The molecular weight excluding hydrogens is 190 g/mol. The fourth-order valence-electron chi connectivity index (χ4n) is 2.15. The Balaban J connectivity index is 2.03. The van der Waals surface area contributed by atoms with Crippen molar-refractivity contribution < 1.29 is 4.52 Å². The Hall–Kier alpha value is -0.870. The molecule has 1 fully saturated rings. The zero-order valence-corrected chi connectivity index (χ0v) is 9.66. The summed E-state index contributed by atoms with van der Waals surface area (Å²) in [6.07, 6.45) is 0. The molecule has 0 aromatic carbocycles. The van der Waals surface area contributed by atoms with Crippen molar-refractivity contribution >= 4 is 0 Å². The van der Waals surface area contributed by atoms with Crippen LogP contribution in [0.1, 0.15) is 25.3 Å². The lowest BCUT2D eigenvalue weighted by Gasteiger charge is -2.38. The maximum atomic E-state index is 5.25. The molecule has 2 unspecified atom stereocenters. The number of hydrogen-bond donors (Lipinski definition) is 1. The van der Waals surface area contributed by atoms with Gasteiger partial charge in [-0.1, -0.05) is 5.16 Å². The highest BCUT2D eigenvalue weighted by Gasteiger charge is 2.25. The third-order valence-electron chi connectivity index (χ3n) is 3.03. The lowest BCUT2D eigenvalue weighted by Crippen LogP contribution is -2.54. The second kappa shape index (κ2) is 4.33. The second-order valence-corrected chi connectivity index (χ2v) is 4.46. The van der Waals surface area contributed by atoms with Crippen molar-refractivity contribution in [1.82, 2.24) is 15.4 Å². The van der Waals surface area contributed by atoms with Crippen LogP contribution in [-0.2, 0) is 6.54 Å². The number of nitrogens with one attached hydrogen (secondary N) is 1. The fourth-order valence-corrected chi connectivity index (χ4v) is 2.15. The molecule has 84 valence electrons. The minimum absolute atomic E-state index is 0.555. The molecule has 1 aliphatic rings. The first-order chi connectivity index (χ1) is 7.16. The molecule has 0 saturated carbocycles. The summed E-state index contributed by atoms with van der Waals surface area (Å²) in [6.45, 7) is 9.41. The van der Waals surface area contributed by atoms with Gasteiger partial charge in [0.15, 0.2) is 5.76 Å². The lowest BCUT2D eigenvalue weighted by molar-refractivity contribution is 0.0969. The monoisotopic (exact) mass is 209 g/mol. The minimum Gasteiger partial charge on any atom is -0.360 e. The second-order valence-electron chi connectivity index (χ2n) is 4.46. The van der Waals surface area contributed by atoms with E-state index in [1.165, 1.54) is 0 Å². The zero-order chi connectivity index (χ0) is 10.8. The molecule has 1 aromatic rings. The molecule has 15 heavy (non-hydrogen) atoms. The van der Waals surface area contributed by atoms with Gasteiger partial charge in [0.2, 0.25) is 0 Å². The molecule has 1 N–H and O–H groups in total. The van der Waals surface area contributed by atoms with E-state index in [1.54, 1.807) is 0 Å². The van der Waals surface area contributed by atoms with Gasteiger partial charge in [-0.2, -0.15) is 0 Å². The summed E-state index contributed by atoms with van der Waals surface area (Å²) in [7, 11) is 0. The van der Waals surface area contributed by atoms with Crippen LogP contribution in [0.15, 0.2) is 10.6 Å². The summed E-state index contributed by atoms with van der Waals surface area (Å²) in [5, 5.41) is 7.33. The average molecular weight is 209 g/mol. The maximum absolute atomic E-state index is 5.25. The number of nitrogens with zero attached hydrogens (tertiary/aromatic N) is 2. The topological polar surface area (TPSA) is 41.3 Å². The smallest absolute Gasteiger partial charge is 0.150 e. The highest BCUT2D eigenvalue weighted by molar-refractivity contribution is 5.03. The summed E-state index contributed by atoms with van der Waals surface area (Å²) in [6, 6.07) is 3.12. The van der Waals surface area contributed by atoms with Crippen LogP contribution < -0.4 is 5.32 Å². The van der Waals surface area contributed by atoms with E-state index in [2.05, 4.69) is 29.2 Å². The van der Waals surface area contributed by atoms with Crippen LogP contribution in [0.3, 0.4) is 0 Å². The molecule has 4 nitrogen and oxygen atoms in total. The molecule has 0 spiro atoms. The Morgan fingerprint density at radius 3 is 2.67 bits per heavy atom. The molecule has 2 atom stereocenters. The minimum atomic E-state index is 0.555. The van der Waals surface area contributed by atoms with E-state index in [0.29, 0.717) is 12.1 Å². The van der Waals surface area contributed by atoms with Crippen molar-refractivity contribution in [3.8, 4) is 0 Å². The number of hydrogen-bond acceptors (Lipinski definition) is 4. The molecule has 1 aromatic heterocycles. The number of rotatable bonds is 2. The molecule has 0 radical (unpaired) electrons. The van der Waals surface area contributed by atoms with E-state index < -0.39 is 0 Å². The van der Waals surface area contributed by atoms with E-state index in [0.717, 1.165) is 31.1 Å². The summed E-state index contributed by atoms with van der Waals surface area (Å²) in [4.78, 5) is 2.45. The molecule has 1 aliphatic heterocycles. The van der Waals surface area contributed by atoms with E-state index in [4.69, 9.17) is 4.52 Å². The Morgan fingerprint density at radius 1 is 1.47 bits per heavy atom. The van der Waals surface area contributed by atoms with Crippen LogP contribution in [0.2, 0.25) is 0 Å². The van der Waals surface area contributed by atoms with E-state index in [1.807, 2.05) is 13.0 Å². The summed E-state index contributed by atoms with van der Waals surface area (Å²) >= 11 is 0. The Morgan fingerprint density at radius 2 is 2.13 bits per heavy atom. The third-order valence-corrected chi connectivity index (χ3v) is 3.03. The zero-order valence-electron chi connectivity index (χ0n) is 9.66. The SMILES string of the molecule is Cc1cc(CN2C(C)CNCC2C)on1. The van der Waals surface area contributed by atoms with Gasteiger partial charge in [-0.25, -0.2) is 0 Å². The van der Waals surface area contributed by atoms with Crippen LogP contribution in [0.4, 0.5) is 0 Å². The van der Waals surface area contributed by atoms with E-state index in [9.17, 15) is 0 Å². The van der Waals surface area contributed by atoms with Gasteiger partial charge in [0.25, 0.3) is 0 Å². The van der Waals surface area contributed by atoms with Gasteiger partial charge in [0.05, 0.1) is 12.2 Å². The first-order valence-corrected chi connectivity index (χ1v) is 5.55. The van der Waals surface area contributed by atoms with E-state index >= 15 is 0 Å². The van der Waals surface area contributed by atoms with Crippen molar-refractivity contribution in [1.29, 1.82) is 0 Å². The van der Waals surface area contributed by atoms with Gasteiger partial charge < -0.3 is 9.84 Å². The number of piperazine rings is 1. The largest absolute Gasteiger partial charge is 0.360 e. The summed E-state index contributed by atoms with van der Waals surface area (Å²) in [5.41, 5.74) is 0.959.